The lowest BCUT2D eigenvalue weighted by Crippen LogP contribution is -2.52. The van der Waals surface area contributed by atoms with Crippen molar-refractivity contribution in [3.8, 4) is 0 Å². The van der Waals surface area contributed by atoms with Crippen LogP contribution in [0.25, 0.3) is 0 Å². The van der Waals surface area contributed by atoms with Crippen molar-refractivity contribution in [1.82, 2.24) is 9.80 Å². The highest BCUT2D eigenvalue weighted by atomic mass is 35.5. The highest BCUT2D eigenvalue weighted by Crippen LogP contribution is 2.47. The number of hydrogen-bond donors (Lipinski definition) is 0. The quantitative estimate of drug-likeness (QED) is 0.543. The van der Waals surface area contributed by atoms with Crippen molar-refractivity contribution in [2.45, 2.75) is 69.1 Å². The molecule has 0 spiro atoms. The van der Waals surface area contributed by atoms with Gasteiger partial charge in [0, 0.05) is 28.2 Å². The first kappa shape index (κ1) is 19.9. The van der Waals surface area contributed by atoms with Crippen LogP contribution in [0.3, 0.4) is 0 Å². The van der Waals surface area contributed by atoms with E-state index >= 15 is 0 Å². The summed E-state index contributed by atoms with van der Waals surface area (Å²) in [5.74, 6) is 0. The standard InChI is InChI=1S/C25H30Cl2N2/c26-23-10-4-2-8-21(23)25(22-9-3-5-11-24(22)27)29-18-12-13-19(29)17-20(16-18)28-14-6-1-7-15-28/h2-5,8-11,18-20,25H,1,6-7,12-17H2. The molecule has 3 fully saturated rings. The third-order valence-electron chi connectivity index (χ3n) is 7.37. The molecule has 3 aliphatic rings. The fourth-order valence-corrected chi connectivity index (χ4v) is 6.55. The molecule has 29 heavy (non-hydrogen) atoms. The Hall–Kier alpha value is -1.06. The second-order valence-corrected chi connectivity index (χ2v) is 9.81. The minimum absolute atomic E-state index is 0.136. The summed E-state index contributed by atoms with van der Waals surface area (Å²) in [5, 5.41) is 1.69. The van der Waals surface area contributed by atoms with E-state index in [0.29, 0.717) is 12.1 Å². The molecule has 4 heteroatoms. The molecule has 0 N–H and O–H groups in total. The molecule has 154 valence electrons. The van der Waals surface area contributed by atoms with Crippen molar-refractivity contribution in [3.63, 3.8) is 0 Å². The van der Waals surface area contributed by atoms with E-state index in [1.54, 1.807) is 0 Å². The summed E-state index contributed by atoms with van der Waals surface area (Å²) >= 11 is 13.5. The third-order valence-corrected chi connectivity index (χ3v) is 8.06. The van der Waals surface area contributed by atoms with Gasteiger partial charge in [-0.2, -0.15) is 0 Å². The van der Waals surface area contributed by atoms with Gasteiger partial charge in [-0.25, -0.2) is 0 Å². The zero-order valence-electron chi connectivity index (χ0n) is 16.9. The van der Waals surface area contributed by atoms with Crippen molar-refractivity contribution in [3.05, 3.63) is 69.7 Å². The van der Waals surface area contributed by atoms with Gasteiger partial charge >= 0.3 is 0 Å². The molecule has 2 nitrogen and oxygen atoms in total. The van der Waals surface area contributed by atoms with Crippen LogP contribution in [0, 0.1) is 0 Å². The van der Waals surface area contributed by atoms with Crippen molar-refractivity contribution in [2.24, 2.45) is 0 Å². The summed E-state index contributed by atoms with van der Waals surface area (Å²) in [6.07, 6.45) is 9.29. The Kier molecular flexibility index (Phi) is 5.89. The minimum atomic E-state index is 0.136. The van der Waals surface area contributed by atoms with E-state index in [2.05, 4.69) is 34.1 Å². The molecule has 3 saturated heterocycles. The molecule has 5 rings (SSSR count). The highest BCUT2D eigenvalue weighted by molar-refractivity contribution is 6.32. The maximum Gasteiger partial charge on any atom is 0.0636 e. The van der Waals surface area contributed by atoms with Crippen molar-refractivity contribution < 1.29 is 0 Å². The summed E-state index contributed by atoms with van der Waals surface area (Å²) in [5.41, 5.74) is 2.38. The normalized spacial score (nSPS) is 28.2. The van der Waals surface area contributed by atoms with E-state index in [1.807, 2.05) is 24.3 Å². The van der Waals surface area contributed by atoms with Crippen LogP contribution < -0.4 is 0 Å². The molecule has 2 aromatic carbocycles. The first-order chi connectivity index (χ1) is 14.2. The molecule has 0 aliphatic carbocycles. The van der Waals surface area contributed by atoms with Crippen LogP contribution in [0.2, 0.25) is 10.0 Å². The Bertz CT molecular complexity index is 789. The number of rotatable bonds is 4. The first-order valence-electron chi connectivity index (χ1n) is 11.2. The van der Waals surface area contributed by atoms with E-state index in [0.717, 1.165) is 16.1 Å². The van der Waals surface area contributed by atoms with Crippen LogP contribution in [-0.4, -0.2) is 41.0 Å². The fourth-order valence-electron chi connectivity index (χ4n) is 6.07. The van der Waals surface area contributed by atoms with Crippen LogP contribution in [0.15, 0.2) is 48.5 Å². The monoisotopic (exact) mass is 428 g/mol. The average molecular weight is 429 g/mol. The molecule has 2 atom stereocenters. The zero-order chi connectivity index (χ0) is 19.8. The van der Waals surface area contributed by atoms with Gasteiger partial charge in [-0.15, -0.1) is 0 Å². The smallest absolute Gasteiger partial charge is 0.0636 e. The van der Waals surface area contributed by atoms with Crippen LogP contribution in [-0.2, 0) is 0 Å². The largest absolute Gasteiger partial charge is 0.300 e. The summed E-state index contributed by atoms with van der Waals surface area (Å²) in [4.78, 5) is 5.55. The van der Waals surface area contributed by atoms with E-state index in [-0.39, 0.29) is 6.04 Å². The Labute approximate surface area is 184 Å². The van der Waals surface area contributed by atoms with Gasteiger partial charge in [-0.3, -0.25) is 4.90 Å². The molecule has 2 bridgehead atoms. The maximum absolute atomic E-state index is 6.73. The molecular formula is C25H30Cl2N2. The van der Waals surface area contributed by atoms with Gasteiger partial charge in [0.25, 0.3) is 0 Å². The summed E-state index contributed by atoms with van der Waals surface area (Å²) in [7, 11) is 0. The van der Waals surface area contributed by atoms with Crippen molar-refractivity contribution in [1.29, 1.82) is 0 Å². The predicted molar refractivity (Wildman–Crippen MR) is 122 cm³/mol. The summed E-state index contributed by atoms with van der Waals surface area (Å²) in [6.45, 7) is 2.59. The number of nitrogens with zero attached hydrogens (tertiary/aromatic N) is 2. The maximum atomic E-state index is 6.73. The average Bonchev–Trinajstić information content (AvgIpc) is 3.00. The molecule has 3 aliphatic heterocycles. The van der Waals surface area contributed by atoms with Gasteiger partial charge < -0.3 is 4.90 Å². The van der Waals surface area contributed by atoms with Crippen molar-refractivity contribution >= 4 is 23.2 Å². The second kappa shape index (κ2) is 8.59. The zero-order valence-corrected chi connectivity index (χ0v) is 18.5. The topological polar surface area (TPSA) is 6.48 Å². The number of halogens is 2. The number of fused-ring (bicyclic) bond motifs is 2. The molecule has 2 aromatic rings. The van der Waals surface area contributed by atoms with E-state index in [1.165, 1.54) is 69.2 Å². The van der Waals surface area contributed by atoms with Gasteiger partial charge in [0.2, 0.25) is 0 Å². The Morgan fingerprint density at radius 2 is 1.21 bits per heavy atom. The molecule has 0 radical (unpaired) electrons. The summed E-state index contributed by atoms with van der Waals surface area (Å²) < 4.78 is 0. The molecule has 0 saturated carbocycles. The second-order valence-electron chi connectivity index (χ2n) is 9.00. The predicted octanol–water partition coefficient (Wildman–Crippen LogP) is 6.56. The number of piperidine rings is 2. The first-order valence-corrected chi connectivity index (χ1v) is 12.0. The van der Waals surface area contributed by atoms with Crippen LogP contribution in [0.4, 0.5) is 0 Å². The fraction of sp³-hybridized carbons (Fsp3) is 0.520. The molecule has 0 aromatic heterocycles. The van der Waals surface area contributed by atoms with Gasteiger partial charge in [0.05, 0.1) is 6.04 Å². The molecule has 0 amide bonds. The van der Waals surface area contributed by atoms with E-state index in [4.69, 9.17) is 23.2 Å². The lowest BCUT2D eigenvalue weighted by atomic mass is 9.88. The van der Waals surface area contributed by atoms with Gasteiger partial charge in [0.15, 0.2) is 0 Å². The van der Waals surface area contributed by atoms with Crippen molar-refractivity contribution in [2.75, 3.05) is 13.1 Å². The van der Waals surface area contributed by atoms with Gasteiger partial charge in [0.1, 0.15) is 0 Å². The molecule has 3 heterocycles. The van der Waals surface area contributed by atoms with Gasteiger partial charge in [-0.05, 0) is 74.9 Å². The summed E-state index contributed by atoms with van der Waals surface area (Å²) in [6, 6.07) is 18.8. The number of hydrogen-bond acceptors (Lipinski definition) is 2. The lowest BCUT2D eigenvalue weighted by Gasteiger charge is -2.47. The highest BCUT2D eigenvalue weighted by Gasteiger charge is 2.46. The van der Waals surface area contributed by atoms with Crippen LogP contribution in [0.1, 0.15) is 62.1 Å². The SMILES string of the molecule is Clc1ccccc1C(c1ccccc1Cl)N1C2CCC1CC(N1CCCCC1)C2. The Morgan fingerprint density at radius 3 is 1.72 bits per heavy atom. The van der Waals surface area contributed by atoms with Gasteiger partial charge in [-0.1, -0.05) is 66.0 Å². The third kappa shape index (κ3) is 3.85. The molecular weight excluding hydrogens is 399 g/mol. The van der Waals surface area contributed by atoms with E-state index in [9.17, 15) is 0 Å². The number of benzene rings is 2. The minimum Gasteiger partial charge on any atom is -0.300 e. The Morgan fingerprint density at radius 1 is 0.690 bits per heavy atom. The van der Waals surface area contributed by atoms with Crippen LogP contribution in [0.5, 0.6) is 0 Å². The van der Waals surface area contributed by atoms with Crippen LogP contribution >= 0.6 is 23.2 Å². The lowest BCUT2D eigenvalue weighted by molar-refractivity contribution is 0.0324. The molecule has 2 unspecified atom stereocenters. The Balaban J connectivity index is 1.49. The number of likely N-dealkylation sites (tertiary alicyclic amines) is 1. The van der Waals surface area contributed by atoms with E-state index < -0.39 is 0 Å².